The molecule has 0 amide bonds. The van der Waals surface area contributed by atoms with E-state index in [0.29, 0.717) is 0 Å². The second kappa shape index (κ2) is 3.08. The summed E-state index contributed by atoms with van der Waals surface area (Å²) in [5.41, 5.74) is -1.15. The smallest absolute Gasteiger partial charge is 0.328 e. The van der Waals surface area contributed by atoms with Gasteiger partial charge < -0.3 is 4.57 Å². The Morgan fingerprint density at radius 2 is 2.27 bits per heavy atom. The van der Waals surface area contributed by atoms with E-state index in [1.807, 2.05) is 0 Å². The second-order valence-corrected chi connectivity index (χ2v) is 3.18. The Labute approximate surface area is 89.6 Å². The van der Waals surface area contributed by atoms with Crippen LogP contribution in [-0.4, -0.2) is 18.7 Å². The zero-order chi connectivity index (χ0) is 13.7. The molecule has 0 saturated heterocycles. The quantitative estimate of drug-likeness (QED) is 0.636. The minimum atomic E-state index is -2.50. The normalized spacial score (nSPS) is 14.9. The van der Waals surface area contributed by atoms with Gasteiger partial charge in [0.05, 0.1) is 6.33 Å². The van der Waals surface area contributed by atoms with E-state index in [-0.39, 0.29) is 17.7 Å². The Morgan fingerprint density at radius 3 is 2.87 bits per heavy atom. The molecule has 0 unspecified atom stereocenters. The maximum Gasteiger partial charge on any atom is 0.332 e. The van der Waals surface area contributed by atoms with Gasteiger partial charge in [-0.25, -0.2) is 9.78 Å². The van der Waals surface area contributed by atoms with Crippen molar-refractivity contribution in [2.45, 2.75) is 13.5 Å². The van der Waals surface area contributed by atoms with Crippen LogP contribution >= 0.6 is 0 Å². The van der Waals surface area contributed by atoms with Crippen molar-refractivity contribution >= 4 is 11.2 Å². The predicted octanol–water partition coefficient (Wildman–Crippen LogP) is -0.546. The highest BCUT2D eigenvalue weighted by Gasteiger charge is 2.12. The van der Waals surface area contributed by atoms with E-state index in [1.54, 1.807) is 6.92 Å². The van der Waals surface area contributed by atoms with Crippen LogP contribution in [0, 0.1) is 0 Å². The number of rotatable bonds is 1. The molecular formula is C9H12N4O2. The fraction of sp³-hybridized carbons (Fsp3) is 0.444. The Bertz CT molecular complexity index is 722. The lowest BCUT2D eigenvalue weighted by atomic mass is 10.5. The monoisotopic (exact) mass is 211 g/mol. The minimum absolute atomic E-state index is 0.0748. The molecule has 6 nitrogen and oxygen atoms in total. The van der Waals surface area contributed by atoms with Gasteiger partial charge in [-0.05, 0) is 6.92 Å². The number of fused-ring (bicyclic) bond motifs is 1. The molecule has 2 rings (SSSR count). The molecule has 0 spiro atoms. The van der Waals surface area contributed by atoms with Gasteiger partial charge in [0.2, 0.25) is 0 Å². The van der Waals surface area contributed by atoms with Gasteiger partial charge in [-0.1, -0.05) is 0 Å². The third-order valence-corrected chi connectivity index (χ3v) is 2.35. The summed E-state index contributed by atoms with van der Waals surface area (Å²) < 4.78 is 25.0. The molecule has 0 aliphatic heterocycles. The van der Waals surface area contributed by atoms with E-state index in [1.165, 1.54) is 11.6 Å². The highest BCUT2D eigenvalue weighted by molar-refractivity contribution is 5.69. The third-order valence-electron chi connectivity index (χ3n) is 2.35. The fourth-order valence-corrected chi connectivity index (χ4v) is 1.55. The maximum absolute atomic E-state index is 12.1. The molecule has 0 saturated carbocycles. The summed E-state index contributed by atoms with van der Waals surface area (Å²) in [6.07, 6.45) is 1.05. The van der Waals surface area contributed by atoms with Gasteiger partial charge in [-0.15, -0.1) is 0 Å². The Morgan fingerprint density at radius 1 is 1.53 bits per heavy atom. The number of hydrogen-bond donors (Lipinski definition) is 0. The van der Waals surface area contributed by atoms with Gasteiger partial charge in [-0.2, -0.15) is 0 Å². The molecule has 0 N–H and O–H groups in total. The van der Waals surface area contributed by atoms with Gasteiger partial charge in [-0.3, -0.25) is 13.9 Å². The van der Waals surface area contributed by atoms with Crippen LogP contribution in [0.4, 0.5) is 0 Å². The molecule has 0 aliphatic rings. The van der Waals surface area contributed by atoms with E-state index in [9.17, 15) is 9.59 Å². The summed E-state index contributed by atoms with van der Waals surface area (Å²) in [5.74, 6) is 0. The lowest BCUT2D eigenvalue weighted by Gasteiger charge is -2.05. The van der Waals surface area contributed by atoms with Crippen LogP contribution in [-0.2, 0) is 20.6 Å². The first-order valence-electron chi connectivity index (χ1n) is 5.96. The standard InChI is InChI=1S/C9H12N4O2/c1-4-13-8(14)6-7(10-5-11(6)2)12(3)9(13)15/h5H,4H2,1-3H3/i2D3. The molecule has 0 aliphatic carbocycles. The summed E-state index contributed by atoms with van der Waals surface area (Å²) in [5, 5.41) is 0. The summed E-state index contributed by atoms with van der Waals surface area (Å²) in [6, 6.07) is 0. The molecule has 0 atom stereocenters. The number of hydrogen-bond acceptors (Lipinski definition) is 3. The van der Waals surface area contributed by atoms with Crippen LogP contribution < -0.4 is 11.2 Å². The van der Waals surface area contributed by atoms with Crippen molar-refractivity contribution in [3.8, 4) is 0 Å². The van der Waals surface area contributed by atoms with Gasteiger partial charge in [0.1, 0.15) is 0 Å². The first kappa shape index (κ1) is 6.60. The molecule has 0 radical (unpaired) electrons. The number of aromatic nitrogens is 4. The highest BCUT2D eigenvalue weighted by Crippen LogP contribution is 2.02. The highest BCUT2D eigenvalue weighted by atomic mass is 16.2. The van der Waals surface area contributed by atoms with Crippen molar-refractivity contribution in [1.82, 2.24) is 18.7 Å². The molecule has 15 heavy (non-hydrogen) atoms. The van der Waals surface area contributed by atoms with Crippen molar-refractivity contribution in [3.63, 3.8) is 0 Å². The van der Waals surface area contributed by atoms with Crippen LogP contribution in [0.2, 0.25) is 0 Å². The predicted molar refractivity (Wildman–Crippen MR) is 55.9 cm³/mol. The zero-order valence-electron chi connectivity index (χ0n) is 11.4. The molecule has 0 aromatic carbocycles. The summed E-state index contributed by atoms with van der Waals surface area (Å²) in [7, 11) is 1.45. The van der Waals surface area contributed by atoms with Crippen LogP contribution in [0.3, 0.4) is 0 Å². The van der Waals surface area contributed by atoms with Crippen molar-refractivity contribution in [2.24, 2.45) is 14.0 Å². The van der Waals surface area contributed by atoms with Crippen molar-refractivity contribution in [2.75, 3.05) is 0 Å². The van der Waals surface area contributed by atoms with Crippen LogP contribution in [0.5, 0.6) is 0 Å². The zero-order valence-corrected chi connectivity index (χ0v) is 8.39. The molecule has 2 heterocycles. The number of imidazole rings is 1. The first-order valence-corrected chi connectivity index (χ1v) is 4.46. The molecule has 0 fully saturated rings. The Kier molecular flexibility index (Phi) is 1.35. The summed E-state index contributed by atoms with van der Waals surface area (Å²) in [6.45, 7) is -0.685. The molecule has 0 bridgehead atoms. The average Bonchev–Trinajstić information content (AvgIpc) is 2.71. The van der Waals surface area contributed by atoms with E-state index >= 15 is 0 Å². The molecule has 2 aromatic heterocycles. The van der Waals surface area contributed by atoms with Gasteiger partial charge in [0, 0.05) is 24.7 Å². The molecule has 2 aromatic rings. The number of nitrogens with zero attached hydrogens (tertiary/aromatic N) is 4. The average molecular weight is 211 g/mol. The second-order valence-electron chi connectivity index (χ2n) is 3.18. The van der Waals surface area contributed by atoms with E-state index < -0.39 is 18.2 Å². The molecule has 80 valence electrons. The third kappa shape index (κ3) is 1.14. The SMILES string of the molecule is [2H]C([2H])([2H])n1cnc2c1c(=O)n(CC)c(=O)n2C. The Hall–Kier alpha value is -1.85. The first-order chi connectivity index (χ1) is 8.29. The Balaban J connectivity index is 3.04. The lowest BCUT2D eigenvalue weighted by molar-refractivity contribution is 0.635. The fourth-order valence-electron chi connectivity index (χ4n) is 1.55. The summed E-state index contributed by atoms with van der Waals surface area (Å²) in [4.78, 5) is 27.8. The minimum Gasteiger partial charge on any atom is -0.328 e. The topological polar surface area (TPSA) is 61.8 Å². The maximum atomic E-state index is 12.1. The van der Waals surface area contributed by atoms with Gasteiger partial charge in [0.15, 0.2) is 11.2 Å². The van der Waals surface area contributed by atoms with Gasteiger partial charge in [0.25, 0.3) is 5.56 Å². The van der Waals surface area contributed by atoms with Crippen LogP contribution in [0.25, 0.3) is 11.2 Å². The number of aryl methyl sites for hydroxylation is 2. The van der Waals surface area contributed by atoms with Crippen molar-refractivity contribution < 1.29 is 4.11 Å². The van der Waals surface area contributed by atoms with E-state index in [2.05, 4.69) is 4.98 Å². The van der Waals surface area contributed by atoms with Gasteiger partial charge >= 0.3 is 5.69 Å². The van der Waals surface area contributed by atoms with Crippen LogP contribution in [0.15, 0.2) is 15.9 Å². The lowest BCUT2D eigenvalue weighted by Crippen LogP contribution is -2.39. The van der Waals surface area contributed by atoms with E-state index in [4.69, 9.17) is 4.11 Å². The van der Waals surface area contributed by atoms with E-state index in [0.717, 1.165) is 15.5 Å². The molecule has 6 heteroatoms. The van der Waals surface area contributed by atoms with Crippen LogP contribution in [0.1, 0.15) is 11.0 Å². The molecular weight excluding hydrogens is 196 g/mol. The largest absolute Gasteiger partial charge is 0.332 e. The summed E-state index contributed by atoms with van der Waals surface area (Å²) >= 11 is 0. The van der Waals surface area contributed by atoms with Crippen molar-refractivity contribution in [1.29, 1.82) is 0 Å². The van der Waals surface area contributed by atoms with Crippen molar-refractivity contribution in [3.05, 3.63) is 27.2 Å².